The molecule has 0 spiro atoms. The minimum Gasteiger partial charge on any atom is -0.356 e. The molecular formula is C30H26N2. The molecular weight excluding hydrogens is 388 g/mol. The summed E-state index contributed by atoms with van der Waals surface area (Å²) in [6.45, 7) is 0. The van der Waals surface area contributed by atoms with Crippen molar-refractivity contribution >= 4 is 22.7 Å². The number of allylic oxidation sites excluding steroid dienone is 4. The standard InChI is InChI=1S/C30H26N2/c1-4-10-26(11-5-1)31-27-20-16-24(17-21-27)25-18-22-30(23-19-25)32(28-12-6-2-7-13-28)29-14-8-3-9-15-29/h1-8,10-14,16-23,31H,9,15H2. The lowest BCUT2D eigenvalue weighted by atomic mass is 10.0. The van der Waals surface area contributed by atoms with Gasteiger partial charge in [0.15, 0.2) is 0 Å². The first-order valence-electron chi connectivity index (χ1n) is 11.1. The first-order chi connectivity index (χ1) is 15.9. The van der Waals surface area contributed by atoms with Crippen molar-refractivity contribution in [3.8, 4) is 11.1 Å². The molecule has 2 heteroatoms. The van der Waals surface area contributed by atoms with E-state index in [0.717, 1.165) is 24.2 Å². The molecule has 0 bridgehead atoms. The molecule has 0 aliphatic heterocycles. The number of benzene rings is 4. The molecule has 5 rings (SSSR count). The summed E-state index contributed by atoms with van der Waals surface area (Å²) in [6.07, 6.45) is 8.74. The summed E-state index contributed by atoms with van der Waals surface area (Å²) in [6, 6.07) is 38.3. The van der Waals surface area contributed by atoms with E-state index >= 15 is 0 Å². The second kappa shape index (κ2) is 9.40. The molecule has 0 aromatic heterocycles. The highest BCUT2D eigenvalue weighted by molar-refractivity contribution is 5.74. The van der Waals surface area contributed by atoms with E-state index in [-0.39, 0.29) is 0 Å². The largest absolute Gasteiger partial charge is 0.356 e. The van der Waals surface area contributed by atoms with E-state index in [1.165, 1.54) is 28.2 Å². The Morgan fingerprint density at radius 3 is 1.75 bits per heavy atom. The van der Waals surface area contributed by atoms with Crippen LogP contribution in [0.5, 0.6) is 0 Å². The molecule has 1 aliphatic carbocycles. The molecule has 0 atom stereocenters. The quantitative estimate of drug-likeness (QED) is 0.340. The molecule has 1 N–H and O–H groups in total. The molecule has 4 aromatic carbocycles. The SMILES string of the molecule is C1=CCCC(N(c2ccccc2)c2ccc(-c3ccc(Nc4ccccc4)cc3)cc2)=C1. The van der Waals surface area contributed by atoms with Crippen molar-refractivity contribution < 1.29 is 0 Å². The molecule has 156 valence electrons. The Bertz CT molecular complexity index is 1210. The summed E-state index contributed by atoms with van der Waals surface area (Å²) in [5.41, 5.74) is 8.30. The zero-order valence-corrected chi connectivity index (χ0v) is 18.0. The van der Waals surface area contributed by atoms with Crippen LogP contribution in [0, 0.1) is 0 Å². The topological polar surface area (TPSA) is 15.3 Å². The first kappa shape index (κ1) is 19.9. The van der Waals surface area contributed by atoms with Gasteiger partial charge in [0.05, 0.1) is 0 Å². The second-order valence-corrected chi connectivity index (χ2v) is 7.91. The highest BCUT2D eigenvalue weighted by Gasteiger charge is 2.15. The Hall–Kier alpha value is -4.04. The molecule has 0 saturated carbocycles. The van der Waals surface area contributed by atoms with Crippen LogP contribution in [0.3, 0.4) is 0 Å². The highest BCUT2D eigenvalue weighted by atomic mass is 15.1. The second-order valence-electron chi connectivity index (χ2n) is 7.91. The van der Waals surface area contributed by atoms with Gasteiger partial charge in [-0.05, 0) is 78.6 Å². The maximum absolute atomic E-state index is 3.44. The number of para-hydroxylation sites is 2. The minimum absolute atomic E-state index is 1.04. The van der Waals surface area contributed by atoms with Gasteiger partial charge >= 0.3 is 0 Å². The molecule has 0 radical (unpaired) electrons. The number of nitrogens with one attached hydrogen (secondary N) is 1. The number of hydrogen-bond acceptors (Lipinski definition) is 2. The van der Waals surface area contributed by atoms with E-state index in [2.05, 4.69) is 119 Å². The molecule has 0 unspecified atom stereocenters. The van der Waals surface area contributed by atoms with Crippen molar-refractivity contribution in [3.05, 3.63) is 133 Å². The average Bonchev–Trinajstić information content (AvgIpc) is 2.87. The Labute approximate surface area is 190 Å². The highest BCUT2D eigenvalue weighted by Crippen LogP contribution is 2.34. The van der Waals surface area contributed by atoms with Gasteiger partial charge in [-0.2, -0.15) is 0 Å². The monoisotopic (exact) mass is 414 g/mol. The van der Waals surface area contributed by atoms with E-state index < -0.39 is 0 Å². The number of nitrogens with zero attached hydrogens (tertiary/aromatic N) is 1. The van der Waals surface area contributed by atoms with Gasteiger partial charge in [-0.3, -0.25) is 0 Å². The summed E-state index contributed by atoms with van der Waals surface area (Å²) in [5.74, 6) is 0. The lowest BCUT2D eigenvalue weighted by Gasteiger charge is -2.29. The van der Waals surface area contributed by atoms with Crippen LogP contribution in [-0.2, 0) is 0 Å². The van der Waals surface area contributed by atoms with Crippen LogP contribution in [0.2, 0.25) is 0 Å². The predicted molar refractivity (Wildman–Crippen MR) is 137 cm³/mol. The van der Waals surface area contributed by atoms with Crippen LogP contribution in [0.25, 0.3) is 11.1 Å². The summed E-state index contributed by atoms with van der Waals surface area (Å²) in [5, 5.41) is 3.44. The van der Waals surface area contributed by atoms with Crippen molar-refractivity contribution in [1.82, 2.24) is 0 Å². The van der Waals surface area contributed by atoms with E-state index in [1.54, 1.807) is 0 Å². The molecule has 0 heterocycles. The predicted octanol–water partition coefficient (Wildman–Crippen LogP) is 8.47. The van der Waals surface area contributed by atoms with Gasteiger partial charge in [0.1, 0.15) is 0 Å². The van der Waals surface area contributed by atoms with Crippen molar-refractivity contribution in [2.75, 3.05) is 10.2 Å². The van der Waals surface area contributed by atoms with E-state index in [9.17, 15) is 0 Å². The third kappa shape index (κ3) is 4.50. The minimum atomic E-state index is 1.04. The van der Waals surface area contributed by atoms with Gasteiger partial charge in [0.2, 0.25) is 0 Å². The van der Waals surface area contributed by atoms with Gasteiger partial charge in [-0.15, -0.1) is 0 Å². The van der Waals surface area contributed by atoms with Crippen LogP contribution >= 0.6 is 0 Å². The lowest BCUT2D eigenvalue weighted by Crippen LogP contribution is -2.17. The molecule has 1 aliphatic rings. The fourth-order valence-electron chi connectivity index (χ4n) is 4.07. The third-order valence-corrected chi connectivity index (χ3v) is 5.70. The van der Waals surface area contributed by atoms with Crippen molar-refractivity contribution in [2.45, 2.75) is 12.8 Å². The van der Waals surface area contributed by atoms with Gasteiger partial charge in [0, 0.05) is 28.4 Å². The summed E-state index contributed by atoms with van der Waals surface area (Å²) < 4.78 is 0. The summed E-state index contributed by atoms with van der Waals surface area (Å²) in [7, 11) is 0. The smallest absolute Gasteiger partial charge is 0.0458 e. The Morgan fingerprint density at radius 1 is 0.562 bits per heavy atom. The van der Waals surface area contributed by atoms with Crippen LogP contribution < -0.4 is 10.2 Å². The molecule has 0 saturated heterocycles. The van der Waals surface area contributed by atoms with E-state index in [4.69, 9.17) is 0 Å². The molecule has 4 aromatic rings. The Kier molecular flexibility index (Phi) is 5.85. The zero-order chi connectivity index (χ0) is 21.6. The normalized spacial score (nSPS) is 12.8. The van der Waals surface area contributed by atoms with Crippen molar-refractivity contribution in [3.63, 3.8) is 0 Å². The van der Waals surface area contributed by atoms with E-state index in [1.807, 2.05) is 18.2 Å². The average molecular weight is 415 g/mol. The number of rotatable bonds is 6. The number of hydrogen-bond donors (Lipinski definition) is 1. The van der Waals surface area contributed by atoms with Crippen LogP contribution in [-0.4, -0.2) is 0 Å². The van der Waals surface area contributed by atoms with Crippen LogP contribution in [0.15, 0.2) is 133 Å². The Morgan fingerprint density at radius 2 is 1.12 bits per heavy atom. The number of anilines is 4. The molecule has 0 amide bonds. The summed E-state index contributed by atoms with van der Waals surface area (Å²) >= 11 is 0. The summed E-state index contributed by atoms with van der Waals surface area (Å²) in [4.78, 5) is 2.36. The maximum atomic E-state index is 3.44. The fourth-order valence-corrected chi connectivity index (χ4v) is 4.07. The lowest BCUT2D eigenvalue weighted by molar-refractivity contribution is 0.918. The third-order valence-electron chi connectivity index (χ3n) is 5.70. The molecule has 0 fully saturated rings. The van der Waals surface area contributed by atoms with Gasteiger partial charge in [0.25, 0.3) is 0 Å². The zero-order valence-electron chi connectivity index (χ0n) is 18.0. The van der Waals surface area contributed by atoms with Crippen LogP contribution in [0.1, 0.15) is 12.8 Å². The van der Waals surface area contributed by atoms with E-state index in [0.29, 0.717) is 0 Å². The van der Waals surface area contributed by atoms with Crippen LogP contribution in [0.4, 0.5) is 22.7 Å². The molecule has 32 heavy (non-hydrogen) atoms. The fraction of sp³-hybridized carbons (Fsp3) is 0.0667. The van der Waals surface area contributed by atoms with Crippen molar-refractivity contribution in [2.24, 2.45) is 0 Å². The molecule has 2 nitrogen and oxygen atoms in total. The van der Waals surface area contributed by atoms with Crippen molar-refractivity contribution in [1.29, 1.82) is 0 Å². The maximum Gasteiger partial charge on any atom is 0.0458 e. The Balaban J connectivity index is 1.39. The van der Waals surface area contributed by atoms with Gasteiger partial charge < -0.3 is 10.2 Å². The van der Waals surface area contributed by atoms with Gasteiger partial charge in [-0.25, -0.2) is 0 Å². The first-order valence-corrected chi connectivity index (χ1v) is 11.1. The van der Waals surface area contributed by atoms with Gasteiger partial charge in [-0.1, -0.05) is 72.8 Å².